The number of rotatable bonds is 20. The highest BCUT2D eigenvalue weighted by Crippen LogP contribution is 2.30. The molecule has 0 atom stereocenters. The third-order valence-corrected chi connectivity index (χ3v) is 7.86. The maximum absolute atomic E-state index is 12.4. The molecule has 0 aliphatic rings. The Kier molecular flexibility index (Phi) is 14.4. The Hall–Kier alpha value is -4.68. The number of carbonyl (C=O) groups excluding carboxylic acids is 2. The minimum absolute atomic E-state index is 0.0672. The number of para-hydroxylation sites is 1. The van der Waals surface area contributed by atoms with Crippen LogP contribution in [0.2, 0.25) is 0 Å². The third-order valence-electron chi connectivity index (χ3n) is 7.86. The molecule has 50 heavy (non-hydrogen) atoms. The summed E-state index contributed by atoms with van der Waals surface area (Å²) in [7, 11) is 0. The van der Waals surface area contributed by atoms with Gasteiger partial charge in [0, 0.05) is 56.5 Å². The van der Waals surface area contributed by atoms with Gasteiger partial charge in [-0.3, -0.25) is 4.79 Å². The van der Waals surface area contributed by atoms with Gasteiger partial charge in [-0.15, -0.1) is 0 Å². The second-order valence-corrected chi connectivity index (χ2v) is 13.2. The number of hydrogen-bond donors (Lipinski definition) is 4. The zero-order chi connectivity index (χ0) is 35.9. The number of amides is 2. The number of aromatic nitrogens is 3. The molecule has 0 spiro atoms. The van der Waals surface area contributed by atoms with Gasteiger partial charge in [-0.2, -0.15) is 0 Å². The lowest BCUT2D eigenvalue weighted by Crippen LogP contribution is -2.33. The van der Waals surface area contributed by atoms with Crippen LogP contribution in [0.3, 0.4) is 0 Å². The molecule has 0 aliphatic heterocycles. The van der Waals surface area contributed by atoms with E-state index in [4.69, 9.17) is 24.9 Å². The molecular weight excluding hydrogens is 634 g/mol. The Morgan fingerprint density at radius 3 is 2.34 bits per heavy atom. The van der Waals surface area contributed by atoms with Gasteiger partial charge in [0.15, 0.2) is 5.82 Å². The SMILES string of the molecule is C=C(CCNC(=O)OC(C)(C)C)NCCOCCOCCC(=O)NCc1ccc(Cn2c(CCCC)nc3c(N)nc4ccccc4c32)cc1. The minimum Gasteiger partial charge on any atom is -0.444 e. The lowest BCUT2D eigenvalue weighted by atomic mass is 10.1. The van der Waals surface area contributed by atoms with E-state index in [1.54, 1.807) is 0 Å². The zero-order valence-electron chi connectivity index (χ0n) is 30.0. The van der Waals surface area contributed by atoms with E-state index < -0.39 is 11.7 Å². The Balaban J connectivity index is 1.11. The first-order valence-electron chi connectivity index (χ1n) is 17.5. The van der Waals surface area contributed by atoms with Crippen LogP contribution in [0.1, 0.15) is 70.3 Å². The lowest BCUT2D eigenvalue weighted by molar-refractivity contribution is -0.122. The summed E-state index contributed by atoms with van der Waals surface area (Å²) in [5.74, 6) is 1.40. The number of pyridine rings is 1. The van der Waals surface area contributed by atoms with Crippen LogP contribution in [0.25, 0.3) is 21.9 Å². The molecule has 12 heteroatoms. The molecule has 2 aromatic carbocycles. The molecule has 5 N–H and O–H groups in total. The van der Waals surface area contributed by atoms with Crippen LogP contribution in [0.5, 0.6) is 0 Å². The number of carbonyl (C=O) groups is 2. The number of aryl methyl sites for hydroxylation is 1. The van der Waals surface area contributed by atoms with Crippen LogP contribution in [-0.4, -0.2) is 71.7 Å². The summed E-state index contributed by atoms with van der Waals surface area (Å²) in [5.41, 5.74) is 11.4. The van der Waals surface area contributed by atoms with Gasteiger partial charge in [-0.05, 0) is 44.4 Å². The molecule has 2 heterocycles. The zero-order valence-corrected chi connectivity index (χ0v) is 30.0. The molecule has 0 aliphatic carbocycles. The minimum atomic E-state index is -0.522. The van der Waals surface area contributed by atoms with Crippen molar-refractivity contribution in [3.05, 3.63) is 77.8 Å². The van der Waals surface area contributed by atoms with E-state index >= 15 is 0 Å². The first kappa shape index (κ1) is 38.1. The molecule has 0 fully saturated rings. The lowest BCUT2D eigenvalue weighted by Gasteiger charge is -2.19. The number of imidazole rings is 1. The van der Waals surface area contributed by atoms with Crippen molar-refractivity contribution < 1.29 is 23.8 Å². The number of nitrogens with two attached hydrogens (primary N) is 1. The number of anilines is 1. The van der Waals surface area contributed by atoms with Gasteiger partial charge in [0.1, 0.15) is 16.9 Å². The van der Waals surface area contributed by atoms with Crippen molar-refractivity contribution in [3.63, 3.8) is 0 Å². The van der Waals surface area contributed by atoms with E-state index in [9.17, 15) is 9.59 Å². The van der Waals surface area contributed by atoms with Crippen LogP contribution in [0.15, 0.2) is 60.8 Å². The van der Waals surface area contributed by atoms with E-state index in [0.29, 0.717) is 64.8 Å². The van der Waals surface area contributed by atoms with E-state index in [2.05, 4.69) is 57.2 Å². The van der Waals surface area contributed by atoms with Crippen LogP contribution >= 0.6 is 0 Å². The molecule has 0 radical (unpaired) electrons. The predicted molar refractivity (Wildman–Crippen MR) is 198 cm³/mol. The molecule has 2 amide bonds. The molecule has 270 valence electrons. The number of benzene rings is 2. The summed E-state index contributed by atoms with van der Waals surface area (Å²) >= 11 is 0. The van der Waals surface area contributed by atoms with Gasteiger partial charge in [0.05, 0.1) is 37.5 Å². The van der Waals surface area contributed by atoms with E-state index in [1.807, 2.05) is 51.1 Å². The van der Waals surface area contributed by atoms with E-state index in [0.717, 1.165) is 63.8 Å². The molecule has 4 aromatic rings. The van der Waals surface area contributed by atoms with E-state index in [-0.39, 0.29) is 12.3 Å². The number of nitrogen functional groups attached to an aromatic ring is 1. The summed E-state index contributed by atoms with van der Waals surface area (Å²) < 4.78 is 18.6. The molecule has 12 nitrogen and oxygen atoms in total. The number of hydrogen-bond acceptors (Lipinski definition) is 9. The number of alkyl carbamates (subject to hydrolysis) is 1. The number of nitrogens with zero attached hydrogens (tertiary/aromatic N) is 3. The van der Waals surface area contributed by atoms with Gasteiger partial charge in [-0.1, -0.05) is 62.4 Å². The number of ether oxygens (including phenoxy) is 3. The summed E-state index contributed by atoms with van der Waals surface area (Å²) in [6.45, 7) is 15.4. The predicted octanol–water partition coefficient (Wildman–Crippen LogP) is 5.62. The Labute approximate surface area is 295 Å². The van der Waals surface area contributed by atoms with E-state index in [1.165, 1.54) is 0 Å². The molecule has 0 bridgehead atoms. The summed E-state index contributed by atoms with van der Waals surface area (Å²) in [6.07, 6.45) is 3.41. The van der Waals surface area contributed by atoms with Gasteiger partial charge in [0.25, 0.3) is 0 Å². The Bertz CT molecular complexity index is 1710. The number of nitrogens with one attached hydrogen (secondary N) is 3. The quantitative estimate of drug-likeness (QED) is 0.0868. The first-order valence-corrected chi connectivity index (χ1v) is 17.5. The second-order valence-electron chi connectivity index (χ2n) is 13.2. The second kappa shape index (κ2) is 18.9. The first-order chi connectivity index (χ1) is 24.0. The molecule has 0 unspecified atom stereocenters. The van der Waals surface area contributed by atoms with Crippen LogP contribution < -0.4 is 21.7 Å². The highest BCUT2D eigenvalue weighted by atomic mass is 16.6. The van der Waals surface area contributed by atoms with Crippen molar-refractivity contribution in [1.82, 2.24) is 30.5 Å². The fourth-order valence-electron chi connectivity index (χ4n) is 5.34. The van der Waals surface area contributed by atoms with Crippen molar-refractivity contribution in [3.8, 4) is 0 Å². The summed E-state index contributed by atoms with van der Waals surface area (Å²) in [4.78, 5) is 33.6. The monoisotopic (exact) mass is 687 g/mol. The fraction of sp³-hybridized carbons (Fsp3) is 0.474. The van der Waals surface area contributed by atoms with Gasteiger partial charge < -0.3 is 40.5 Å². The average molecular weight is 688 g/mol. The van der Waals surface area contributed by atoms with Crippen molar-refractivity contribution in [2.45, 2.75) is 78.5 Å². The molecule has 0 saturated carbocycles. The maximum atomic E-state index is 12.4. The van der Waals surface area contributed by atoms with Crippen molar-refractivity contribution in [1.29, 1.82) is 0 Å². The van der Waals surface area contributed by atoms with Gasteiger partial charge >= 0.3 is 6.09 Å². The highest BCUT2D eigenvalue weighted by molar-refractivity contribution is 6.06. The van der Waals surface area contributed by atoms with Crippen LogP contribution in [0, 0.1) is 0 Å². The van der Waals surface area contributed by atoms with Crippen LogP contribution in [0.4, 0.5) is 10.6 Å². The highest BCUT2D eigenvalue weighted by Gasteiger charge is 2.18. The molecule has 4 rings (SSSR count). The Morgan fingerprint density at radius 2 is 1.60 bits per heavy atom. The summed E-state index contributed by atoms with van der Waals surface area (Å²) in [5, 5.41) is 9.89. The topological polar surface area (TPSA) is 155 Å². The van der Waals surface area contributed by atoms with Gasteiger partial charge in [0.2, 0.25) is 5.91 Å². The van der Waals surface area contributed by atoms with Gasteiger partial charge in [-0.25, -0.2) is 14.8 Å². The van der Waals surface area contributed by atoms with Crippen molar-refractivity contribution in [2.24, 2.45) is 0 Å². The smallest absolute Gasteiger partial charge is 0.407 e. The largest absolute Gasteiger partial charge is 0.444 e. The fourth-order valence-corrected chi connectivity index (χ4v) is 5.34. The third kappa shape index (κ3) is 12.0. The van der Waals surface area contributed by atoms with Crippen molar-refractivity contribution >= 4 is 39.8 Å². The molecular formula is C38H53N7O5. The Morgan fingerprint density at radius 1 is 0.880 bits per heavy atom. The van der Waals surface area contributed by atoms with Crippen LogP contribution in [-0.2, 0) is 38.5 Å². The summed E-state index contributed by atoms with van der Waals surface area (Å²) in [6, 6.07) is 16.3. The molecule has 2 aromatic heterocycles. The standard InChI is InChI=1S/C38H53N7O5/c1-6-7-12-32-44-34-35(30-10-8-9-11-31(30)43-36(34)39)45(32)26-29-15-13-28(14-16-29)25-42-33(46)18-21-48-23-24-49-22-20-40-27(2)17-19-41-37(47)50-38(3,4)5/h8-11,13-16,40H,2,6-7,12,17-26H2,1,3-5H3,(H2,39,43)(H,41,47)(H,42,46). The maximum Gasteiger partial charge on any atom is 0.407 e. The number of fused-ring (bicyclic) bond motifs is 3. The van der Waals surface area contributed by atoms with Crippen molar-refractivity contribution in [2.75, 3.05) is 45.3 Å². The number of unbranched alkanes of at least 4 members (excludes halogenated alkanes) is 1. The molecule has 0 saturated heterocycles. The average Bonchev–Trinajstić information content (AvgIpc) is 3.44. The normalized spacial score (nSPS) is 11.5.